The first-order valence-electron chi connectivity index (χ1n) is 10.7. The average Bonchev–Trinajstić information content (AvgIpc) is 3.38. The van der Waals surface area contributed by atoms with Gasteiger partial charge in [0, 0.05) is 38.4 Å². The van der Waals surface area contributed by atoms with Crippen LogP contribution < -0.4 is 10.5 Å². The number of rotatable bonds is 3. The minimum Gasteiger partial charge on any atom is -0.353 e. The molecular weight excluding hydrogens is 430 g/mol. The highest BCUT2D eigenvalue weighted by molar-refractivity contribution is 8.26. The lowest BCUT2D eigenvalue weighted by atomic mass is 10.2. The van der Waals surface area contributed by atoms with E-state index in [0.29, 0.717) is 26.3 Å². The van der Waals surface area contributed by atoms with Crippen LogP contribution in [0.15, 0.2) is 34.1 Å². The quantitative estimate of drug-likeness (QED) is 0.521. The molecule has 162 valence electrons. The summed E-state index contributed by atoms with van der Waals surface area (Å²) in [7, 11) is 2.09. The van der Waals surface area contributed by atoms with Gasteiger partial charge in [0.15, 0.2) is 0 Å². The van der Waals surface area contributed by atoms with Gasteiger partial charge in [-0.15, -0.1) is 0 Å². The Morgan fingerprint density at radius 1 is 1.13 bits per heavy atom. The first-order chi connectivity index (χ1) is 15.0. The Balaban J connectivity index is 1.59. The van der Waals surface area contributed by atoms with E-state index < -0.39 is 0 Å². The number of nitrogens with zero attached hydrogens (tertiary/aromatic N) is 5. The molecule has 0 aromatic carbocycles. The summed E-state index contributed by atoms with van der Waals surface area (Å²) < 4.78 is 2.14. The molecule has 2 aromatic heterocycles. The monoisotopic (exact) mass is 455 g/mol. The number of carbonyl (C=O) groups is 1. The van der Waals surface area contributed by atoms with Crippen LogP contribution in [-0.2, 0) is 4.79 Å². The second-order valence-electron chi connectivity index (χ2n) is 8.36. The van der Waals surface area contributed by atoms with Gasteiger partial charge in [-0.3, -0.25) is 18.9 Å². The summed E-state index contributed by atoms with van der Waals surface area (Å²) in [5, 5.41) is 0. The Hall–Kier alpha value is -2.23. The molecule has 1 amide bonds. The lowest BCUT2D eigenvalue weighted by Gasteiger charge is -2.34. The van der Waals surface area contributed by atoms with Gasteiger partial charge in [-0.1, -0.05) is 42.9 Å². The highest BCUT2D eigenvalue weighted by Gasteiger charge is 2.38. The SMILES string of the molecule is CN1CCN(c2nc3ccccn3c(=O)c2C=C2SC(=S)N(C3CCCC3)C2=O)CC1. The molecule has 1 aliphatic carbocycles. The van der Waals surface area contributed by atoms with Crippen molar-refractivity contribution in [2.24, 2.45) is 0 Å². The largest absolute Gasteiger partial charge is 0.353 e. The fourth-order valence-corrected chi connectivity index (χ4v) is 5.95. The van der Waals surface area contributed by atoms with E-state index in [9.17, 15) is 9.59 Å². The normalized spacial score (nSPS) is 22.4. The molecule has 0 bridgehead atoms. The van der Waals surface area contributed by atoms with Crippen LogP contribution in [0.3, 0.4) is 0 Å². The molecule has 0 spiro atoms. The number of piperazine rings is 1. The van der Waals surface area contributed by atoms with E-state index in [1.54, 1.807) is 21.6 Å². The number of pyridine rings is 1. The van der Waals surface area contributed by atoms with Gasteiger partial charge >= 0.3 is 0 Å². The maximum atomic E-state index is 13.4. The highest BCUT2D eigenvalue weighted by Crippen LogP contribution is 2.38. The molecule has 2 saturated heterocycles. The minimum absolute atomic E-state index is 0.0798. The summed E-state index contributed by atoms with van der Waals surface area (Å²) in [6.45, 7) is 3.38. The second kappa shape index (κ2) is 8.37. The summed E-state index contributed by atoms with van der Waals surface area (Å²) in [5.41, 5.74) is 0.905. The molecule has 2 aliphatic heterocycles. The fourth-order valence-electron chi connectivity index (χ4n) is 4.56. The van der Waals surface area contributed by atoms with Gasteiger partial charge in [0.2, 0.25) is 0 Å². The lowest BCUT2D eigenvalue weighted by Crippen LogP contribution is -2.45. The predicted molar refractivity (Wildman–Crippen MR) is 128 cm³/mol. The van der Waals surface area contributed by atoms with Crippen molar-refractivity contribution in [2.75, 3.05) is 38.1 Å². The Kier molecular flexibility index (Phi) is 5.58. The number of carbonyl (C=O) groups excluding carboxylic acids is 1. The number of anilines is 1. The van der Waals surface area contributed by atoms with Crippen LogP contribution in [0.2, 0.25) is 0 Å². The topological polar surface area (TPSA) is 61.2 Å². The molecule has 0 atom stereocenters. The molecular formula is C22H25N5O2S2. The van der Waals surface area contributed by atoms with Crippen LogP contribution in [-0.4, -0.2) is 68.7 Å². The Labute approximate surface area is 190 Å². The minimum atomic E-state index is -0.161. The Bertz CT molecular complexity index is 1130. The number of hydrogen-bond acceptors (Lipinski definition) is 7. The number of hydrogen-bond donors (Lipinski definition) is 0. The first-order valence-corrected chi connectivity index (χ1v) is 12.0. The Morgan fingerprint density at radius 2 is 1.87 bits per heavy atom. The van der Waals surface area contributed by atoms with E-state index in [2.05, 4.69) is 16.8 Å². The number of fused-ring (bicyclic) bond motifs is 1. The third kappa shape index (κ3) is 3.79. The fraction of sp³-hybridized carbons (Fsp3) is 0.455. The van der Waals surface area contributed by atoms with E-state index >= 15 is 0 Å². The van der Waals surface area contributed by atoms with Crippen LogP contribution in [0.5, 0.6) is 0 Å². The molecule has 0 N–H and O–H groups in total. The molecule has 0 unspecified atom stereocenters. The molecule has 3 fully saturated rings. The summed E-state index contributed by atoms with van der Waals surface area (Å²) in [6.07, 6.45) is 7.68. The van der Waals surface area contributed by atoms with E-state index in [4.69, 9.17) is 17.2 Å². The molecule has 4 heterocycles. The standard InChI is InChI=1S/C22H25N5O2S2/c1-24-10-12-25(13-11-24)19-16(20(28)26-9-5-4-8-18(26)23-19)14-17-21(29)27(22(30)31-17)15-6-2-3-7-15/h4-5,8-9,14-15H,2-3,6-7,10-13H2,1H3. The molecule has 7 nitrogen and oxygen atoms in total. The van der Waals surface area contributed by atoms with E-state index in [-0.39, 0.29) is 17.5 Å². The van der Waals surface area contributed by atoms with Crippen molar-refractivity contribution in [3.8, 4) is 0 Å². The third-order valence-electron chi connectivity index (χ3n) is 6.34. The van der Waals surface area contributed by atoms with E-state index in [1.165, 1.54) is 11.8 Å². The van der Waals surface area contributed by atoms with E-state index in [0.717, 1.165) is 51.9 Å². The number of likely N-dealkylation sites (N-methyl/N-ethyl adjacent to an activating group) is 1. The zero-order valence-corrected chi connectivity index (χ0v) is 19.1. The lowest BCUT2D eigenvalue weighted by molar-refractivity contribution is -0.123. The summed E-state index contributed by atoms with van der Waals surface area (Å²) in [4.78, 5) is 38.2. The van der Waals surface area contributed by atoms with Gasteiger partial charge in [-0.25, -0.2) is 4.98 Å². The zero-order valence-electron chi connectivity index (χ0n) is 17.5. The molecule has 2 aromatic rings. The summed E-state index contributed by atoms with van der Waals surface area (Å²) >= 11 is 6.84. The molecule has 0 radical (unpaired) electrons. The van der Waals surface area contributed by atoms with Crippen LogP contribution >= 0.6 is 24.0 Å². The predicted octanol–water partition coefficient (Wildman–Crippen LogP) is 2.59. The van der Waals surface area contributed by atoms with Gasteiger partial charge in [0.25, 0.3) is 11.5 Å². The van der Waals surface area contributed by atoms with Crippen molar-refractivity contribution in [3.63, 3.8) is 0 Å². The average molecular weight is 456 g/mol. The van der Waals surface area contributed by atoms with Gasteiger partial charge in [-0.2, -0.15) is 0 Å². The smallest absolute Gasteiger partial charge is 0.267 e. The Morgan fingerprint density at radius 3 is 2.61 bits per heavy atom. The van der Waals surface area contributed by atoms with Crippen LogP contribution in [0.25, 0.3) is 11.7 Å². The van der Waals surface area contributed by atoms with Crippen molar-refractivity contribution in [1.82, 2.24) is 19.2 Å². The molecule has 9 heteroatoms. The van der Waals surface area contributed by atoms with Gasteiger partial charge in [-0.05, 0) is 38.1 Å². The number of thioether (sulfide) groups is 1. The first kappa shape index (κ1) is 20.7. The van der Waals surface area contributed by atoms with Crippen molar-refractivity contribution >= 4 is 51.7 Å². The second-order valence-corrected chi connectivity index (χ2v) is 10.0. The summed E-state index contributed by atoms with van der Waals surface area (Å²) in [5.74, 6) is 0.569. The van der Waals surface area contributed by atoms with Crippen LogP contribution in [0.4, 0.5) is 5.82 Å². The molecule has 1 saturated carbocycles. The van der Waals surface area contributed by atoms with Gasteiger partial charge in [0.05, 0.1) is 10.5 Å². The van der Waals surface area contributed by atoms with Crippen molar-refractivity contribution in [2.45, 2.75) is 31.7 Å². The maximum Gasteiger partial charge on any atom is 0.267 e. The maximum absolute atomic E-state index is 13.4. The van der Waals surface area contributed by atoms with Crippen LogP contribution in [0.1, 0.15) is 31.2 Å². The molecule has 5 rings (SSSR count). The van der Waals surface area contributed by atoms with Gasteiger partial charge < -0.3 is 9.80 Å². The number of aromatic nitrogens is 2. The third-order valence-corrected chi connectivity index (χ3v) is 7.67. The number of thiocarbonyl (C=S) groups is 1. The van der Waals surface area contributed by atoms with Crippen LogP contribution in [0, 0.1) is 0 Å². The van der Waals surface area contributed by atoms with Crippen molar-refractivity contribution in [1.29, 1.82) is 0 Å². The van der Waals surface area contributed by atoms with Crippen molar-refractivity contribution in [3.05, 3.63) is 45.2 Å². The number of amides is 1. The molecule has 31 heavy (non-hydrogen) atoms. The van der Waals surface area contributed by atoms with E-state index in [1.807, 2.05) is 18.2 Å². The zero-order chi connectivity index (χ0) is 21.5. The van der Waals surface area contributed by atoms with Gasteiger partial charge in [0.1, 0.15) is 15.8 Å². The van der Waals surface area contributed by atoms with Crippen molar-refractivity contribution < 1.29 is 4.79 Å². The summed E-state index contributed by atoms with van der Waals surface area (Å²) in [6, 6.07) is 5.72. The molecule has 3 aliphatic rings. The highest BCUT2D eigenvalue weighted by atomic mass is 32.2.